The minimum atomic E-state index is -4.42. The molecule has 3 rings (SSSR count). The maximum atomic E-state index is 12.7. The van der Waals surface area contributed by atoms with Gasteiger partial charge >= 0.3 is 6.18 Å². The number of anilines is 2. The molecule has 2 heterocycles. The summed E-state index contributed by atoms with van der Waals surface area (Å²) >= 11 is 1.32. The van der Waals surface area contributed by atoms with E-state index < -0.39 is 11.7 Å². The third kappa shape index (κ3) is 6.41. The normalized spacial score (nSPS) is 20.4. The molecule has 2 atom stereocenters. The Morgan fingerprint density at radius 1 is 1.31 bits per heavy atom. The van der Waals surface area contributed by atoms with E-state index in [4.69, 9.17) is 4.74 Å². The summed E-state index contributed by atoms with van der Waals surface area (Å²) in [6.45, 7) is 6.23. The van der Waals surface area contributed by atoms with E-state index in [1.807, 2.05) is 19.2 Å². The first kappa shape index (κ1) is 21.5. The Morgan fingerprint density at radius 3 is 2.72 bits per heavy atom. The summed E-state index contributed by atoms with van der Waals surface area (Å²) < 4.78 is 43.9. The molecule has 1 aliphatic heterocycles. The molecule has 1 aromatic heterocycles. The average Bonchev–Trinajstić information content (AvgIpc) is 3.05. The molecule has 1 saturated heterocycles. The van der Waals surface area contributed by atoms with Crippen molar-refractivity contribution in [3.05, 3.63) is 40.9 Å². The second kappa shape index (κ2) is 9.10. The summed E-state index contributed by atoms with van der Waals surface area (Å²) in [6.07, 6.45) is -4.09. The monoisotopic (exact) mass is 428 g/mol. The number of hydrogen-bond donors (Lipinski definition) is 2. The number of carbonyl (C=O) groups is 1. The zero-order valence-corrected chi connectivity index (χ0v) is 16.9. The summed E-state index contributed by atoms with van der Waals surface area (Å²) in [5.41, 5.74) is 0.321. The van der Waals surface area contributed by atoms with Crippen molar-refractivity contribution in [2.45, 2.75) is 38.8 Å². The number of carbonyl (C=O) groups excluding carboxylic acids is 1. The molecule has 0 aliphatic carbocycles. The van der Waals surface area contributed by atoms with E-state index >= 15 is 0 Å². The molecule has 0 spiro atoms. The van der Waals surface area contributed by atoms with Crippen molar-refractivity contribution < 1.29 is 22.7 Å². The Kier molecular flexibility index (Phi) is 6.76. The number of aromatic nitrogens is 1. The lowest BCUT2D eigenvalue weighted by Crippen LogP contribution is -2.44. The molecule has 1 amide bonds. The second-order valence-corrected chi connectivity index (χ2v) is 7.93. The quantitative estimate of drug-likeness (QED) is 0.732. The SMILES string of the molecule is CC1CN(Cc2csc(NC(=O)CNc3cccc(C(F)(F)F)c3)n2)CC(C)O1. The Morgan fingerprint density at radius 2 is 2.03 bits per heavy atom. The van der Waals surface area contributed by atoms with Crippen LogP contribution in [0.25, 0.3) is 0 Å². The van der Waals surface area contributed by atoms with Gasteiger partial charge in [0, 0.05) is 30.7 Å². The van der Waals surface area contributed by atoms with E-state index in [2.05, 4.69) is 20.5 Å². The van der Waals surface area contributed by atoms with E-state index in [0.717, 1.165) is 30.9 Å². The van der Waals surface area contributed by atoms with Gasteiger partial charge in [-0.15, -0.1) is 11.3 Å². The minimum Gasteiger partial charge on any atom is -0.376 e. The van der Waals surface area contributed by atoms with Crippen molar-refractivity contribution in [1.29, 1.82) is 0 Å². The van der Waals surface area contributed by atoms with Gasteiger partial charge in [0.15, 0.2) is 5.13 Å². The molecule has 1 fully saturated rings. The smallest absolute Gasteiger partial charge is 0.376 e. The molecule has 0 radical (unpaired) electrons. The molecule has 6 nitrogen and oxygen atoms in total. The fourth-order valence-corrected chi connectivity index (χ4v) is 3.95. The third-order valence-electron chi connectivity index (χ3n) is 4.32. The Labute approximate surface area is 171 Å². The molecule has 158 valence electrons. The van der Waals surface area contributed by atoms with Gasteiger partial charge < -0.3 is 15.4 Å². The highest BCUT2D eigenvalue weighted by atomic mass is 32.1. The van der Waals surface area contributed by atoms with Crippen molar-refractivity contribution in [3.63, 3.8) is 0 Å². The number of ether oxygens (including phenoxy) is 1. The first-order valence-corrected chi connectivity index (χ1v) is 10.1. The summed E-state index contributed by atoms with van der Waals surface area (Å²) in [6, 6.07) is 4.73. The predicted octanol–water partition coefficient (Wildman–Crippen LogP) is 3.82. The number of morpholine rings is 1. The molecule has 2 unspecified atom stereocenters. The molecule has 29 heavy (non-hydrogen) atoms. The second-order valence-electron chi connectivity index (χ2n) is 7.08. The van der Waals surface area contributed by atoms with Crippen LogP contribution in [-0.2, 0) is 22.3 Å². The number of benzene rings is 1. The van der Waals surface area contributed by atoms with E-state index in [9.17, 15) is 18.0 Å². The summed E-state index contributed by atoms with van der Waals surface area (Å²) in [7, 11) is 0. The number of amides is 1. The highest BCUT2D eigenvalue weighted by Gasteiger charge is 2.30. The zero-order valence-electron chi connectivity index (χ0n) is 16.1. The van der Waals surface area contributed by atoms with Crippen molar-refractivity contribution >= 4 is 28.1 Å². The van der Waals surface area contributed by atoms with Gasteiger partial charge in [-0.05, 0) is 32.0 Å². The molecule has 0 saturated carbocycles. The lowest BCUT2D eigenvalue weighted by atomic mass is 10.2. The lowest BCUT2D eigenvalue weighted by Gasteiger charge is -2.34. The summed E-state index contributed by atoms with van der Waals surface area (Å²) in [4.78, 5) is 18.8. The third-order valence-corrected chi connectivity index (χ3v) is 5.13. The van der Waals surface area contributed by atoms with Gasteiger partial charge in [0.05, 0.1) is 30.0 Å². The largest absolute Gasteiger partial charge is 0.416 e. The number of alkyl halides is 3. The minimum absolute atomic E-state index is 0.158. The van der Waals surface area contributed by atoms with Gasteiger partial charge in [0.1, 0.15) is 0 Å². The topological polar surface area (TPSA) is 66.5 Å². The first-order chi connectivity index (χ1) is 13.7. The van der Waals surface area contributed by atoms with Crippen LogP contribution in [0.3, 0.4) is 0 Å². The van der Waals surface area contributed by atoms with Crippen molar-refractivity contribution in [3.8, 4) is 0 Å². The molecule has 10 heteroatoms. The van der Waals surface area contributed by atoms with Gasteiger partial charge in [-0.2, -0.15) is 13.2 Å². The molecule has 1 aromatic carbocycles. The number of thiazole rings is 1. The molecule has 0 bridgehead atoms. The van der Waals surface area contributed by atoms with Crippen molar-refractivity contribution in [2.24, 2.45) is 0 Å². The van der Waals surface area contributed by atoms with Gasteiger partial charge in [-0.25, -0.2) is 4.98 Å². The lowest BCUT2D eigenvalue weighted by molar-refractivity contribution is -0.137. The number of rotatable bonds is 6. The molecular formula is C19H23F3N4O2S. The van der Waals surface area contributed by atoms with E-state index in [0.29, 0.717) is 11.7 Å². The molecule has 1 aliphatic rings. The van der Waals surface area contributed by atoms with Gasteiger partial charge in [0.2, 0.25) is 5.91 Å². The molecular weight excluding hydrogens is 405 g/mol. The van der Waals surface area contributed by atoms with Crippen molar-refractivity contribution in [1.82, 2.24) is 9.88 Å². The highest BCUT2D eigenvalue weighted by Crippen LogP contribution is 2.30. The van der Waals surface area contributed by atoms with Gasteiger partial charge in [-0.3, -0.25) is 9.69 Å². The summed E-state index contributed by atoms with van der Waals surface area (Å²) in [5.74, 6) is -0.378. The fourth-order valence-electron chi connectivity index (χ4n) is 3.23. The number of nitrogens with zero attached hydrogens (tertiary/aromatic N) is 2. The number of halogens is 3. The van der Waals surface area contributed by atoms with Crippen LogP contribution in [0.5, 0.6) is 0 Å². The van der Waals surface area contributed by atoms with Crippen LogP contribution in [0.2, 0.25) is 0 Å². The van der Waals surface area contributed by atoms with E-state index in [-0.39, 0.29) is 30.3 Å². The van der Waals surface area contributed by atoms with Crippen LogP contribution < -0.4 is 10.6 Å². The fraction of sp³-hybridized carbons (Fsp3) is 0.474. The van der Waals surface area contributed by atoms with Crippen LogP contribution >= 0.6 is 11.3 Å². The Balaban J connectivity index is 1.49. The number of hydrogen-bond acceptors (Lipinski definition) is 6. The van der Waals surface area contributed by atoms with E-state index in [1.54, 1.807) is 0 Å². The highest BCUT2D eigenvalue weighted by molar-refractivity contribution is 7.13. The van der Waals surface area contributed by atoms with Crippen LogP contribution in [-0.4, -0.2) is 47.6 Å². The Hall–Kier alpha value is -2.17. The maximum absolute atomic E-state index is 12.7. The maximum Gasteiger partial charge on any atom is 0.416 e. The standard InChI is InChI=1S/C19H23F3N4O2S/c1-12-8-26(9-13(2)28-12)10-16-11-29-18(24-16)25-17(27)7-23-15-5-3-4-14(6-15)19(20,21)22/h3-6,11-13,23H,7-10H2,1-2H3,(H,24,25,27). The van der Waals surface area contributed by atoms with E-state index in [1.165, 1.54) is 23.5 Å². The molecule has 2 N–H and O–H groups in total. The van der Waals surface area contributed by atoms with Crippen LogP contribution in [0, 0.1) is 0 Å². The summed E-state index contributed by atoms with van der Waals surface area (Å²) in [5, 5.41) is 7.73. The van der Waals surface area contributed by atoms with Gasteiger partial charge in [0.25, 0.3) is 0 Å². The zero-order chi connectivity index (χ0) is 21.0. The molecule has 2 aromatic rings. The first-order valence-electron chi connectivity index (χ1n) is 9.22. The number of nitrogens with one attached hydrogen (secondary N) is 2. The van der Waals surface area contributed by atoms with Crippen LogP contribution in [0.1, 0.15) is 25.1 Å². The van der Waals surface area contributed by atoms with Crippen molar-refractivity contribution in [2.75, 3.05) is 30.3 Å². The average molecular weight is 428 g/mol. The van der Waals surface area contributed by atoms with Crippen LogP contribution in [0.15, 0.2) is 29.6 Å². The predicted molar refractivity (Wildman–Crippen MR) is 106 cm³/mol. The van der Waals surface area contributed by atoms with Gasteiger partial charge in [-0.1, -0.05) is 6.07 Å². The van der Waals surface area contributed by atoms with Crippen LogP contribution in [0.4, 0.5) is 24.0 Å². The Bertz CT molecular complexity index is 833.